The van der Waals surface area contributed by atoms with Crippen molar-refractivity contribution in [1.82, 2.24) is 4.98 Å². The van der Waals surface area contributed by atoms with Crippen molar-refractivity contribution >= 4 is 11.8 Å². The second-order valence-corrected chi connectivity index (χ2v) is 5.48. The van der Waals surface area contributed by atoms with Crippen LogP contribution < -0.4 is 0 Å². The molecule has 2 rings (SSSR count). The third kappa shape index (κ3) is 3.77. The predicted octanol–water partition coefficient (Wildman–Crippen LogP) is 4.71. The van der Waals surface area contributed by atoms with Crippen LogP contribution in [0.1, 0.15) is 22.4 Å². The van der Waals surface area contributed by atoms with Gasteiger partial charge in [-0.15, -0.1) is 11.8 Å². The van der Waals surface area contributed by atoms with Crippen molar-refractivity contribution in [3.05, 3.63) is 58.5 Å². The summed E-state index contributed by atoms with van der Waals surface area (Å²) in [6.07, 6.45) is -4.61. The zero-order valence-electron chi connectivity index (χ0n) is 11.4. The van der Waals surface area contributed by atoms with Crippen molar-refractivity contribution in [1.29, 1.82) is 5.26 Å². The van der Waals surface area contributed by atoms with Crippen LogP contribution in [0.3, 0.4) is 0 Å². The van der Waals surface area contributed by atoms with E-state index in [1.54, 1.807) is 6.07 Å². The molecule has 0 aliphatic heterocycles. The lowest BCUT2D eigenvalue weighted by atomic mass is 10.1. The average Bonchev–Trinajstić information content (AvgIpc) is 2.45. The quantitative estimate of drug-likeness (QED) is 0.605. The summed E-state index contributed by atoms with van der Waals surface area (Å²) in [5.41, 5.74) is -0.547. The van der Waals surface area contributed by atoms with Crippen LogP contribution >= 0.6 is 11.8 Å². The number of rotatable bonds is 3. The fourth-order valence-corrected chi connectivity index (χ4v) is 2.82. The van der Waals surface area contributed by atoms with Crippen LogP contribution in [0.2, 0.25) is 0 Å². The van der Waals surface area contributed by atoms with Gasteiger partial charge in [-0.05, 0) is 30.7 Å². The number of aromatic nitrogens is 1. The van der Waals surface area contributed by atoms with Gasteiger partial charge in [-0.1, -0.05) is 12.1 Å². The maximum Gasteiger partial charge on any atom is 0.417 e. The van der Waals surface area contributed by atoms with E-state index in [1.165, 1.54) is 31.2 Å². The summed E-state index contributed by atoms with van der Waals surface area (Å²) in [4.78, 5) is 4.02. The summed E-state index contributed by atoms with van der Waals surface area (Å²) in [7, 11) is 0. The SMILES string of the molecule is Cc1cc(C(F)(F)F)c(C#N)c(SCc2ccc(F)cc2)n1. The Morgan fingerprint density at radius 3 is 2.41 bits per heavy atom. The number of hydrogen-bond donors (Lipinski definition) is 0. The van der Waals surface area contributed by atoms with E-state index in [2.05, 4.69) is 4.98 Å². The van der Waals surface area contributed by atoms with Crippen LogP contribution in [0.25, 0.3) is 0 Å². The van der Waals surface area contributed by atoms with Crippen LogP contribution in [0.4, 0.5) is 17.6 Å². The molecule has 0 spiro atoms. The number of thioether (sulfide) groups is 1. The maximum atomic E-state index is 13.0. The first-order chi connectivity index (χ1) is 10.3. The molecule has 0 saturated carbocycles. The molecule has 7 heteroatoms. The fourth-order valence-electron chi connectivity index (χ4n) is 1.81. The number of benzene rings is 1. The van der Waals surface area contributed by atoms with Crippen molar-refractivity contribution in [2.24, 2.45) is 0 Å². The van der Waals surface area contributed by atoms with Gasteiger partial charge in [0.2, 0.25) is 0 Å². The molecule has 0 aliphatic rings. The van der Waals surface area contributed by atoms with E-state index >= 15 is 0 Å². The number of nitriles is 1. The molecular formula is C15H10F4N2S. The minimum atomic E-state index is -4.61. The highest BCUT2D eigenvalue weighted by molar-refractivity contribution is 7.98. The Balaban J connectivity index is 2.33. The maximum absolute atomic E-state index is 13.0. The standard InChI is InChI=1S/C15H10F4N2S/c1-9-6-13(15(17,18)19)12(7-20)14(21-9)22-8-10-2-4-11(16)5-3-10/h2-6H,8H2,1H3. The van der Waals surface area contributed by atoms with Gasteiger partial charge in [0.25, 0.3) is 0 Å². The Hall–Kier alpha value is -2.07. The van der Waals surface area contributed by atoms with E-state index in [4.69, 9.17) is 5.26 Å². The van der Waals surface area contributed by atoms with E-state index in [9.17, 15) is 17.6 Å². The van der Waals surface area contributed by atoms with Gasteiger partial charge in [0.15, 0.2) is 0 Å². The number of halogens is 4. The Kier molecular flexibility index (Phi) is 4.71. The van der Waals surface area contributed by atoms with Crippen LogP contribution in [0.5, 0.6) is 0 Å². The first kappa shape index (κ1) is 16.3. The normalized spacial score (nSPS) is 11.3. The summed E-state index contributed by atoms with van der Waals surface area (Å²) in [6.45, 7) is 1.44. The molecule has 0 radical (unpaired) electrons. The molecule has 1 aromatic carbocycles. The predicted molar refractivity (Wildman–Crippen MR) is 74.7 cm³/mol. The summed E-state index contributed by atoms with van der Waals surface area (Å²) in [5.74, 6) is -0.0950. The molecule has 22 heavy (non-hydrogen) atoms. The summed E-state index contributed by atoms with van der Waals surface area (Å²) < 4.78 is 51.7. The lowest BCUT2D eigenvalue weighted by molar-refractivity contribution is -0.138. The molecule has 0 unspecified atom stereocenters. The third-order valence-corrected chi connectivity index (χ3v) is 3.87. The number of pyridine rings is 1. The second kappa shape index (κ2) is 6.36. The molecule has 2 aromatic rings. The van der Waals surface area contributed by atoms with Gasteiger partial charge in [-0.2, -0.15) is 18.4 Å². The molecule has 114 valence electrons. The zero-order valence-corrected chi connectivity index (χ0v) is 12.2. The topological polar surface area (TPSA) is 36.7 Å². The lowest BCUT2D eigenvalue weighted by Gasteiger charge is -2.12. The Labute approximate surface area is 128 Å². The van der Waals surface area contributed by atoms with Crippen molar-refractivity contribution in [3.8, 4) is 6.07 Å². The van der Waals surface area contributed by atoms with E-state index in [1.807, 2.05) is 0 Å². The van der Waals surface area contributed by atoms with Crippen molar-refractivity contribution < 1.29 is 17.6 Å². The van der Waals surface area contributed by atoms with Crippen LogP contribution in [0, 0.1) is 24.1 Å². The van der Waals surface area contributed by atoms with Crippen LogP contribution in [-0.2, 0) is 11.9 Å². The van der Waals surface area contributed by atoms with E-state index in [0.717, 1.165) is 23.4 Å². The molecule has 1 heterocycles. The molecule has 0 atom stereocenters. The van der Waals surface area contributed by atoms with Gasteiger partial charge >= 0.3 is 6.18 Å². The van der Waals surface area contributed by atoms with Gasteiger partial charge in [-0.25, -0.2) is 9.37 Å². The van der Waals surface area contributed by atoms with Crippen LogP contribution in [0.15, 0.2) is 35.4 Å². The van der Waals surface area contributed by atoms with Crippen molar-refractivity contribution in [2.45, 2.75) is 23.9 Å². The van der Waals surface area contributed by atoms with E-state index in [0.29, 0.717) is 5.75 Å². The third-order valence-electron chi connectivity index (χ3n) is 2.82. The van der Waals surface area contributed by atoms with Gasteiger partial charge in [0, 0.05) is 11.4 Å². The van der Waals surface area contributed by atoms with Gasteiger partial charge < -0.3 is 0 Å². The average molecular weight is 326 g/mol. The number of hydrogen-bond acceptors (Lipinski definition) is 3. The van der Waals surface area contributed by atoms with Gasteiger partial charge in [0.05, 0.1) is 11.1 Å². The minimum Gasteiger partial charge on any atom is -0.245 e. The van der Waals surface area contributed by atoms with E-state index in [-0.39, 0.29) is 16.5 Å². The van der Waals surface area contributed by atoms with Crippen molar-refractivity contribution in [2.75, 3.05) is 0 Å². The molecule has 2 nitrogen and oxygen atoms in total. The lowest BCUT2D eigenvalue weighted by Crippen LogP contribution is -2.10. The van der Waals surface area contributed by atoms with Gasteiger partial charge in [0.1, 0.15) is 16.9 Å². The Morgan fingerprint density at radius 2 is 1.86 bits per heavy atom. The summed E-state index contributed by atoms with van der Waals surface area (Å²) in [5, 5.41) is 9.06. The summed E-state index contributed by atoms with van der Waals surface area (Å²) >= 11 is 1.02. The highest BCUT2D eigenvalue weighted by atomic mass is 32.2. The minimum absolute atomic E-state index is 0.0270. The van der Waals surface area contributed by atoms with E-state index < -0.39 is 17.3 Å². The second-order valence-electron chi connectivity index (χ2n) is 4.52. The molecular weight excluding hydrogens is 316 g/mol. The Bertz CT molecular complexity index is 718. The van der Waals surface area contributed by atoms with Crippen LogP contribution in [-0.4, -0.2) is 4.98 Å². The molecule has 0 bridgehead atoms. The smallest absolute Gasteiger partial charge is 0.245 e. The fraction of sp³-hybridized carbons (Fsp3) is 0.200. The molecule has 0 fully saturated rings. The highest BCUT2D eigenvalue weighted by Crippen LogP contribution is 2.36. The number of alkyl halides is 3. The summed E-state index contributed by atoms with van der Waals surface area (Å²) in [6, 6.07) is 8.05. The first-order valence-corrected chi connectivity index (χ1v) is 7.16. The Morgan fingerprint density at radius 1 is 1.23 bits per heavy atom. The van der Waals surface area contributed by atoms with Gasteiger partial charge in [-0.3, -0.25) is 0 Å². The first-order valence-electron chi connectivity index (χ1n) is 6.17. The largest absolute Gasteiger partial charge is 0.417 e. The molecule has 0 saturated heterocycles. The molecule has 1 aromatic heterocycles. The molecule has 0 N–H and O–H groups in total. The number of nitrogens with zero attached hydrogens (tertiary/aromatic N) is 2. The highest BCUT2D eigenvalue weighted by Gasteiger charge is 2.35. The molecule has 0 amide bonds. The zero-order chi connectivity index (χ0) is 16.3. The van der Waals surface area contributed by atoms with Crippen molar-refractivity contribution in [3.63, 3.8) is 0 Å². The monoisotopic (exact) mass is 326 g/mol. The number of aryl methyl sites for hydroxylation is 1. The molecule has 0 aliphatic carbocycles.